The SMILES string of the molecule is C1=CC(C2CCCCCCC2)=CCC1. The van der Waals surface area contributed by atoms with Crippen molar-refractivity contribution in [2.75, 3.05) is 0 Å². The van der Waals surface area contributed by atoms with E-state index in [4.69, 9.17) is 0 Å². The normalized spacial score (nSPS) is 25.3. The Morgan fingerprint density at radius 2 is 1.57 bits per heavy atom. The van der Waals surface area contributed by atoms with Crippen LogP contribution in [0.3, 0.4) is 0 Å². The molecule has 1 saturated carbocycles. The van der Waals surface area contributed by atoms with Gasteiger partial charge in [-0.05, 0) is 37.2 Å². The Bertz CT molecular complexity index is 214. The smallest absolute Gasteiger partial charge is 0.0165 e. The Labute approximate surface area is 88.1 Å². The lowest BCUT2D eigenvalue weighted by molar-refractivity contribution is 0.423. The third-order valence-electron chi connectivity index (χ3n) is 3.60. The standard InChI is InChI=1S/C14H22/c1-2-5-9-13(10-6-3-1)14-11-7-4-8-12-14/h7,11-13H,1-6,8-10H2. The summed E-state index contributed by atoms with van der Waals surface area (Å²) in [6.45, 7) is 0. The summed E-state index contributed by atoms with van der Waals surface area (Å²) in [4.78, 5) is 0. The second-order valence-corrected chi connectivity index (χ2v) is 4.73. The van der Waals surface area contributed by atoms with Crippen LogP contribution in [-0.2, 0) is 0 Å². The van der Waals surface area contributed by atoms with E-state index < -0.39 is 0 Å². The maximum absolute atomic E-state index is 2.48. The molecular weight excluding hydrogens is 168 g/mol. The summed E-state index contributed by atoms with van der Waals surface area (Å²) in [7, 11) is 0. The number of allylic oxidation sites excluding steroid dienone is 4. The molecule has 0 aliphatic heterocycles. The summed E-state index contributed by atoms with van der Waals surface area (Å²) >= 11 is 0. The molecule has 0 aromatic carbocycles. The number of rotatable bonds is 1. The summed E-state index contributed by atoms with van der Waals surface area (Å²) in [5.41, 5.74) is 1.65. The molecule has 0 spiro atoms. The largest absolute Gasteiger partial charge is 0.0840 e. The Morgan fingerprint density at radius 1 is 0.857 bits per heavy atom. The van der Waals surface area contributed by atoms with Gasteiger partial charge < -0.3 is 0 Å². The topological polar surface area (TPSA) is 0 Å². The first-order valence-corrected chi connectivity index (χ1v) is 6.33. The van der Waals surface area contributed by atoms with Crippen molar-refractivity contribution < 1.29 is 0 Å². The van der Waals surface area contributed by atoms with Crippen molar-refractivity contribution in [1.29, 1.82) is 0 Å². The highest BCUT2D eigenvalue weighted by molar-refractivity contribution is 5.24. The molecule has 0 saturated heterocycles. The first kappa shape index (κ1) is 10.0. The molecule has 0 nitrogen and oxygen atoms in total. The van der Waals surface area contributed by atoms with Gasteiger partial charge in [0.05, 0.1) is 0 Å². The first-order chi connectivity index (χ1) is 6.97. The van der Waals surface area contributed by atoms with Crippen LogP contribution in [0.2, 0.25) is 0 Å². The molecule has 2 aliphatic carbocycles. The molecule has 78 valence electrons. The fraction of sp³-hybridized carbons (Fsp3) is 0.714. The van der Waals surface area contributed by atoms with Crippen LogP contribution in [0.1, 0.15) is 57.8 Å². The van der Waals surface area contributed by atoms with E-state index in [9.17, 15) is 0 Å². The van der Waals surface area contributed by atoms with Crippen LogP contribution in [0.15, 0.2) is 23.8 Å². The molecule has 0 N–H and O–H groups in total. The van der Waals surface area contributed by atoms with Crippen molar-refractivity contribution in [3.05, 3.63) is 23.8 Å². The van der Waals surface area contributed by atoms with Gasteiger partial charge >= 0.3 is 0 Å². The predicted molar refractivity (Wildman–Crippen MR) is 62.3 cm³/mol. The zero-order chi connectivity index (χ0) is 9.64. The van der Waals surface area contributed by atoms with E-state index in [0.717, 1.165) is 5.92 Å². The average Bonchev–Trinajstić information content (AvgIpc) is 2.18. The van der Waals surface area contributed by atoms with Crippen molar-refractivity contribution in [2.45, 2.75) is 57.8 Å². The molecular formula is C14H22. The van der Waals surface area contributed by atoms with Crippen LogP contribution in [0, 0.1) is 5.92 Å². The Kier molecular flexibility index (Phi) is 3.85. The molecule has 14 heavy (non-hydrogen) atoms. The van der Waals surface area contributed by atoms with Crippen LogP contribution in [0.5, 0.6) is 0 Å². The van der Waals surface area contributed by atoms with Crippen molar-refractivity contribution >= 4 is 0 Å². The van der Waals surface area contributed by atoms with E-state index in [2.05, 4.69) is 18.2 Å². The zero-order valence-corrected chi connectivity index (χ0v) is 9.17. The van der Waals surface area contributed by atoms with Gasteiger partial charge in [-0.2, -0.15) is 0 Å². The van der Waals surface area contributed by atoms with E-state index in [1.807, 2.05) is 0 Å². The summed E-state index contributed by atoms with van der Waals surface area (Å²) in [5.74, 6) is 0.895. The van der Waals surface area contributed by atoms with Crippen molar-refractivity contribution in [3.8, 4) is 0 Å². The fourth-order valence-electron chi connectivity index (χ4n) is 2.73. The molecule has 2 aliphatic rings. The zero-order valence-electron chi connectivity index (χ0n) is 9.17. The van der Waals surface area contributed by atoms with Crippen LogP contribution in [-0.4, -0.2) is 0 Å². The summed E-state index contributed by atoms with van der Waals surface area (Å²) in [6, 6.07) is 0. The second-order valence-electron chi connectivity index (χ2n) is 4.73. The third-order valence-corrected chi connectivity index (χ3v) is 3.60. The molecule has 0 heterocycles. The number of hydrogen-bond acceptors (Lipinski definition) is 0. The monoisotopic (exact) mass is 190 g/mol. The van der Waals surface area contributed by atoms with Crippen LogP contribution < -0.4 is 0 Å². The van der Waals surface area contributed by atoms with Gasteiger partial charge in [-0.1, -0.05) is 50.3 Å². The molecule has 0 heteroatoms. The molecule has 0 unspecified atom stereocenters. The van der Waals surface area contributed by atoms with Crippen molar-refractivity contribution in [3.63, 3.8) is 0 Å². The van der Waals surface area contributed by atoms with Gasteiger partial charge in [0.2, 0.25) is 0 Å². The summed E-state index contributed by atoms with van der Waals surface area (Å²) in [5, 5.41) is 0. The van der Waals surface area contributed by atoms with Crippen LogP contribution in [0.25, 0.3) is 0 Å². The van der Waals surface area contributed by atoms with E-state index >= 15 is 0 Å². The molecule has 0 atom stereocenters. The maximum Gasteiger partial charge on any atom is -0.0165 e. The molecule has 0 radical (unpaired) electrons. The Balaban J connectivity index is 1.93. The minimum atomic E-state index is 0.895. The third kappa shape index (κ3) is 2.73. The average molecular weight is 190 g/mol. The molecule has 0 aromatic heterocycles. The Hall–Kier alpha value is -0.520. The predicted octanol–water partition coefficient (Wildman–Crippen LogP) is 4.62. The maximum atomic E-state index is 2.48. The van der Waals surface area contributed by atoms with Crippen molar-refractivity contribution in [1.82, 2.24) is 0 Å². The van der Waals surface area contributed by atoms with Gasteiger partial charge in [0, 0.05) is 0 Å². The molecule has 0 aromatic rings. The lowest BCUT2D eigenvalue weighted by atomic mass is 9.84. The highest BCUT2D eigenvalue weighted by Crippen LogP contribution is 2.30. The lowest BCUT2D eigenvalue weighted by Gasteiger charge is -2.22. The molecule has 0 amide bonds. The molecule has 0 bridgehead atoms. The van der Waals surface area contributed by atoms with Gasteiger partial charge in [0.25, 0.3) is 0 Å². The van der Waals surface area contributed by atoms with E-state index in [0.29, 0.717) is 0 Å². The highest BCUT2D eigenvalue weighted by Gasteiger charge is 2.14. The lowest BCUT2D eigenvalue weighted by Crippen LogP contribution is -2.06. The van der Waals surface area contributed by atoms with E-state index in [-0.39, 0.29) is 0 Å². The second kappa shape index (κ2) is 5.38. The Morgan fingerprint density at radius 3 is 2.21 bits per heavy atom. The first-order valence-electron chi connectivity index (χ1n) is 6.33. The quantitative estimate of drug-likeness (QED) is 0.566. The highest BCUT2D eigenvalue weighted by atomic mass is 14.2. The van der Waals surface area contributed by atoms with Gasteiger partial charge in [0.1, 0.15) is 0 Å². The minimum absolute atomic E-state index is 0.895. The molecule has 2 rings (SSSR count). The van der Waals surface area contributed by atoms with E-state index in [1.165, 1.54) is 57.8 Å². The summed E-state index contributed by atoms with van der Waals surface area (Å²) < 4.78 is 0. The van der Waals surface area contributed by atoms with Crippen LogP contribution in [0.4, 0.5) is 0 Å². The van der Waals surface area contributed by atoms with Gasteiger partial charge in [-0.15, -0.1) is 0 Å². The van der Waals surface area contributed by atoms with Gasteiger partial charge in [-0.3, -0.25) is 0 Å². The minimum Gasteiger partial charge on any atom is -0.0840 e. The number of hydrogen-bond donors (Lipinski definition) is 0. The van der Waals surface area contributed by atoms with Crippen molar-refractivity contribution in [2.24, 2.45) is 5.92 Å². The van der Waals surface area contributed by atoms with Gasteiger partial charge in [0.15, 0.2) is 0 Å². The summed E-state index contributed by atoms with van der Waals surface area (Å²) in [6.07, 6.45) is 20.0. The fourth-order valence-corrected chi connectivity index (χ4v) is 2.73. The molecule has 1 fully saturated rings. The van der Waals surface area contributed by atoms with E-state index in [1.54, 1.807) is 5.57 Å². The van der Waals surface area contributed by atoms with Crippen LogP contribution >= 0.6 is 0 Å². The van der Waals surface area contributed by atoms with Gasteiger partial charge in [-0.25, -0.2) is 0 Å².